The summed E-state index contributed by atoms with van der Waals surface area (Å²) in [6, 6.07) is 71.5. The second kappa shape index (κ2) is 11.6. The molecule has 0 aliphatic carbocycles. The van der Waals surface area contributed by atoms with E-state index >= 15 is 0 Å². The van der Waals surface area contributed by atoms with Gasteiger partial charge in [0.25, 0.3) is 0 Å². The maximum atomic E-state index is 2.42. The van der Waals surface area contributed by atoms with Crippen molar-refractivity contribution in [2.45, 2.75) is 0 Å². The molecule has 0 nitrogen and oxygen atoms in total. The third-order valence-electron chi connectivity index (χ3n) is 10.4. The van der Waals surface area contributed by atoms with Crippen molar-refractivity contribution in [1.82, 2.24) is 0 Å². The van der Waals surface area contributed by atoms with E-state index in [1.54, 1.807) is 0 Å². The van der Waals surface area contributed by atoms with Gasteiger partial charge < -0.3 is 0 Å². The minimum atomic E-state index is 1.22. The zero-order chi connectivity index (χ0) is 33.0. The first-order chi connectivity index (χ1) is 24.8. The number of rotatable bonds is 4. The molecule has 0 aliphatic rings. The van der Waals surface area contributed by atoms with Crippen molar-refractivity contribution in [2.24, 2.45) is 0 Å². The Kier molecular flexibility index (Phi) is 6.60. The van der Waals surface area contributed by atoms with Crippen LogP contribution < -0.4 is 0 Å². The van der Waals surface area contributed by atoms with Crippen LogP contribution in [0.1, 0.15) is 0 Å². The monoisotopic (exact) mass is 632 g/mol. The molecule has 0 heteroatoms. The largest absolute Gasteiger partial charge is 0.0616 e. The van der Waals surface area contributed by atoms with Gasteiger partial charge >= 0.3 is 0 Å². The highest BCUT2D eigenvalue weighted by Crippen LogP contribution is 2.46. The van der Waals surface area contributed by atoms with Gasteiger partial charge in [-0.15, -0.1) is 0 Å². The predicted octanol–water partition coefficient (Wildman–Crippen LogP) is 14.1. The number of hydrogen-bond donors (Lipinski definition) is 0. The number of fused-ring (bicyclic) bond motifs is 5. The van der Waals surface area contributed by atoms with E-state index in [-0.39, 0.29) is 0 Å². The van der Waals surface area contributed by atoms with Gasteiger partial charge in [-0.3, -0.25) is 0 Å². The second-order valence-electron chi connectivity index (χ2n) is 13.3. The average Bonchev–Trinajstić information content (AvgIpc) is 3.19. The molecule has 50 heavy (non-hydrogen) atoms. The first kappa shape index (κ1) is 28.5. The summed E-state index contributed by atoms with van der Waals surface area (Å²) in [6.07, 6.45) is 0. The molecular weight excluding hydrogens is 601 g/mol. The van der Waals surface area contributed by atoms with Crippen LogP contribution in [0.5, 0.6) is 0 Å². The highest BCUT2D eigenvalue weighted by molar-refractivity contribution is 6.22. The third kappa shape index (κ3) is 4.61. The fourth-order valence-electron chi connectivity index (χ4n) is 8.13. The second-order valence-corrected chi connectivity index (χ2v) is 13.3. The van der Waals surface area contributed by atoms with E-state index in [1.807, 2.05) is 0 Å². The lowest BCUT2D eigenvalue weighted by Gasteiger charge is -2.20. The predicted molar refractivity (Wildman–Crippen MR) is 216 cm³/mol. The lowest BCUT2D eigenvalue weighted by molar-refractivity contribution is 1.61. The van der Waals surface area contributed by atoms with Crippen LogP contribution >= 0.6 is 0 Å². The van der Waals surface area contributed by atoms with Crippen LogP contribution in [0.4, 0.5) is 0 Å². The molecule has 0 saturated carbocycles. The minimum Gasteiger partial charge on any atom is -0.0616 e. The summed E-state index contributed by atoms with van der Waals surface area (Å²) < 4.78 is 0. The zero-order valence-corrected chi connectivity index (χ0v) is 27.5. The smallest absolute Gasteiger partial charge is 0.00259 e. The van der Waals surface area contributed by atoms with Crippen molar-refractivity contribution in [1.29, 1.82) is 0 Å². The molecule has 0 fully saturated rings. The van der Waals surface area contributed by atoms with Gasteiger partial charge in [-0.25, -0.2) is 0 Å². The van der Waals surface area contributed by atoms with E-state index in [2.05, 4.69) is 194 Å². The highest BCUT2D eigenvalue weighted by Gasteiger charge is 2.19. The third-order valence-corrected chi connectivity index (χ3v) is 10.4. The molecule has 10 aromatic carbocycles. The Balaban J connectivity index is 1.31. The Morgan fingerprint density at radius 3 is 1.10 bits per heavy atom. The first-order valence-corrected chi connectivity index (χ1v) is 17.3. The molecule has 0 unspecified atom stereocenters. The summed E-state index contributed by atoms with van der Waals surface area (Å²) in [5.41, 5.74) is 9.93. The van der Waals surface area contributed by atoms with Crippen molar-refractivity contribution in [3.05, 3.63) is 194 Å². The van der Waals surface area contributed by atoms with Gasteiger partial charge in [-0.2, -0.15) is 0 Å². The number of hydrogen-bond acceptors (Lipinski definition) is 0. The van der Waals surface area contributed by atoms with Crippen LogP contribution in [0.3, 0.4) is 0 Å². The Morgan fingerprint density at radius 2 is 0.580 bits per heavy atom. The van der Waals surface area contributed by atoms with Crippen LogP contribution in [0.15, 0.2) is 194 Å². The molecule has 0 saturated heterocycles. The van der Waals surface area contributed by atoms with E-state index in [4.69, 9.17) is 0 Å². The summed E-state index contributed by atoms with van der Waals surface area (Å²) in [5.74, 6) is 0. The number of benzene rings is 10. The van der Waals surface area contributed by atoms with E-state index in [9.17, 15) is 0 Å². The SMILES string of the molecule is c1ccc2cc(-c3c4ccccc4c(-c4cc(-c5cccc6ccccc56)cc(-c5cccc6ccccc56)c4)c4ccccc34)ccc2c1. The van der Waals surface area contributed by atoms with Crippen molar-refractivity contribution >= 4 is 53.9 Å². The molecule has 0 amide bonds. The van der Waals surface area contributed by atoms with E-state index in [0.29, 0.717) is 0 Å². The van der Waals surface area contributed by atoms with Crippen molar-refractivity contribution in [3.8, 4) is 44.5 Å². The molecule has 0 bridgehead atoms. The molecule has 0 radical (unpaired) electrons. The normalized spacial score (nSPS) is 11.6. The lowest BCUT2D eigenvalue weighted by Crippen LogP contribution is -1.93. The minimum absolute atomic E-state index is 1.22. The van der Waals surface area contributed by atoms with Crippen molar-refractivity contribution < 1.29 is 0 Å². The first-order valence-electron chi connectivity index (χ1n) is 17.3. The average molecular weight is 633 g/mol. The fraction of sp³-hybridized carbons (Fsp3) is 0. The standard InChI is InChI=1S/C50H32/c1-2-16-36-29-37(28-27-33(36)13-1)49-45-21-7-9-23-47(45)50(48-24-10-8-22-46(48)49)40-31-38(43-25-11-17-34-14-3-5-19-41(34)43)30-39(32-40)44-26-12-18-35-15-4-6-20-42(35)44/h1-32H. The molecule has 0 heterocycles. The molecule has 10 rings (SSSR count). The summed E-state index contributed by atoms with van der Waals surface area (Å²) in [6.45, 7) is 0. The van der Waals surface area contributed by atoms with Gasteiger partial charge in [0, 0.05) is 0 Å². The van der Waals surface area contributed by atoms with Crippen LogP contribution in [-0.2, 0) is 0 Å². The Bertz CT molecular complexity index is 2760. The van der Waals surface area contributed by atoms with Crippen LogP contribution in [-0.4, -0.2) is 0 Å². The fourth-order valence-corrected chi connectivity index (χ4v) is 8.13. The molecule has 0 aromatic heterocycles. The molecule has 0 aliphatic heterocycles. The zero-order valence-electron chi connectivity index (χ0n) is 27.5. The maximum absolute atomic E-state index is 2.42. The Labute approximate surface area is 291 Å². The summed E-state index contributed by atoms with van der Waals surface area (Å²) in [4.78, 5) is 0. The van der Waals surface area contributed by atoms with Gasteiger partial charge in [0.15, 0.2) is 0 Å². The lowest BCUT2D eigenvalue weighted by atomic mass is 9.83. The summed E-state index contributed by atoms with van der Waals surface area (Å²) >= 11 is 0. The van der Waals surface area contributed by atoms with Gasteiger partial charge in [0.2, 0.25) is 0 Å². The molecular formula is C50H32. The quantitative estimate of drug-likeness (QED) is 0.169. The van der Waals surface area contributed by atoms with Crippen molar-refractivity contribution in [3.63, 3.8) is 0 Å². The van der Waals surface area contributed by atoms with Gasteiger partial charge in [0.05, 0.1) is 0 Å². The summed E-state index contributed by atoms with van der Waals surface area (Å²) in [7, 11) is 0. The van der Waals surface area contributed by atoms with E-state index in [1.165, 1.54) is 98.4 Å². The van der Waals surface area contributed by atoms with Gasteiger partial charge in [-0.1, -0.05) is 170 Å². The van der Waals surface area contributed by atoms with Gasteiger partial charge in [-0.05, 0) is 123 Å². The van der Waals surface area contributed by atoms with Crippen LogP contribution in [0.2, 0.25) is 0 Å². The topological polar surface area (TPSA) is 0 Å². The Morgan fingerprint density at radius 1 is 0.200 bits per heavy atom. The van der Waals surface area contributed by atoms with E-state index in [0.717, 1.165) is 0 Å². The van der Waals surface area contributed by atoms with Crippen molar-refractivity contribution in [2.75, 3.05) is 0 Å². The van der Waals surface area contributed by atoms with Gasteiger partial charge in [0.1, 0.15) is 0 Å². The molecule has 10 aromatic rings. The highest BCUT2D eigenvalue weighted by atomic mass is 14.2. The molecule has 232 valence electrons. The maximum Gasteiger partial charge on any atom is -0.00259 e. The summed E-state index contributed by atoms with van der Waals surface area (Å²) in [5, 5.41) is 12.6. The van der Waals surface area contributed by atoms with Crippen LogP contribution in [0, 0.1) is 0 Å². The molecule has 0 atom stereocenters. The Hall–Kier alpha value is -6.50. The molecule has 0 spiro atoms. The molecule has 0 N–H and O–H groups in total. The van der Waals surface area contributed by atoms with Crippen LogP contribution in [0.25, 0.3) is 98.4 Å². The van der Waals surface area contributed by atoms with E-state index < -0.39 is 0 Å².